The molecule has 11 heteroatoms. The van der Waals surface area contributed by atoms with E-state index in [9.17, 15) is 26.4 Å². The topological polar surface area (TPSA) is 92.8 Å². The minimum Gasteiger partial charge on any atom is -0.398 e. The van der Waals surface area contributed by atoms with E-state index in [1.807, 2.05) is 0 Å². The molecule has 2 aliphatic rings. The van der Waals surface area contributed by atoms with Crippen LogP contribution >= 0.6 is 11.6 Å². The number of carbonyl (C=O) groups is 1. The zero-order valence-corrected chi connectivity index (χ0v) is 17.5. The number of nitrogens with zero attached hydrogens (tertiary/aromatic N) is 2. The third-order valence-electron chi connectivity index (χ3n) is 5.19. The molecule has 2 N–H and O–H groups in total. The predicted molar refractivity (Wildman–Crippen MR) is 109 cm³/mol. The first kappa shape index (κ1) is 22.6. The van der Waals surface area contributed by atoms with E-state index in [-0.39, 0.29) is 47.7 Å². The van der Waals surface area contributed by atoms with Crippen molar-refractivity contribution in [1.29, 1.82) is 0 Å². The summed E-state index contributed by atoms with van der Waals surface area (Å²) in [6.07, 6.45) is -2.93. The van der Waals surface area contributed by atoms with Crippen molar-refractivity contribution < 1.29 is 26.4 Å². The largest absolute Gasteiger partial charge is 0.432 e. The molecule has 0 bridgehead atoms. The van der Waals surface area contributed by atoms with Gasteiger partial charge < -0.3 is 10.6 Å². The number of halogens is 4. The van der Waals surface area contributed by atoms with E-state index in [0.29, 0.717) is 24.1 Å². The molecule has 0 aromatic heterocycles. The summed E-state index contributed by atoms with van der Waals surface area (Å²) in [4.78, 5) is 17.8. The highest BCUT2D eigenvalue weighted by molar-refractivity contribution is 7.91. The van der Waals surface area contributed by atoms with Crippen LogP contribution in [0.3, 0.4) is 0 Å². The van der Waals surface area contributed by atoms with Crippen LogP contribution in [0.2, 0.25) is 5.02 Å². The van der Waals surface area contributed by atoms with Crippen LogP contribution in [0.5, 0.6) is 0 Å². The molecular weight excluding hydrogens is 443 g/mol. The number of carbonyl (C=O) groups excluding carboxylic acids is 1. The molecule has 0 aliphatic carbocycles. The molecule has 1 fully saturated rings. The van der Waals surface area contributed by atoms with Crippen LogP contribution in [0, 0.1) is 5.92 Å². The van der Waals surface area contributed by atoms with Crippen LogP contribution in [0.4, 0.5) is 18.9 Å². The maximum Gasteiger partial charge on any atom is 0.432 e. The summed E-state index contributed by atoms with van der Waals surface area (Å²) in [5.41, 5.74) is 5.53. The lowest BCUT2D eigenvalue weighted by molar-refractivity contribution is -0.127. The number of nitrogens with two attached hydrogens (primary N) is 1. The Balaban J connectivity index is 1.78. The summed E-state index contributed by atoms with van der Waals surface area (Å²) in [6.45, 7) is -0.129. The number of sulfone groups is 1. The number of alkyl halides is 3. The molecule has 30 heavy (non-hydrogen) atoms. The number of rotatable bonds is 6. The Bertz CT molecular complexity index is 1010. The van der Waals surface area contributed by atoms with Crippen molar-refractivity contribution in [3.05, 3.63) is 40.4 Å². The van der Waals surface area contributed by atoms with Crippen molar-refractivity contribution in [2.24, 2.45) is 10.9 Å². The van der Waals surface area contributed by atoms with Gasteiger partial charge in [0, 0.05) is 18.7 Å². The minimum absolute atomic E-state index is 0.0425. The first-order valence-corrected chi connectivity index (χ1v) is 11.5. The Morgan fingerprint density at radius 2 is 2.07 bits per heavy atom. The highest BCUT2D eigenvalue weighted by atomic mass is 35.5. The van der Waals surface area contributed by atoms with Crippen molar-refractivity contribution in [3.63, 3.8) is 0 Å². The SMILES string of the molecule is Nc1cccc(CN(CCC2CCS(=O)(=O)C2)C(=O)C2=CC(C(F)(F)F)=NC2)c1Cl. The molecule has 0 spiro atoms. The van der Waals surface area contributed by atoms with E-state index < -0.39 is 27.6 Å². The van der Waals surface area contributed by atoms with Gasteiger partial charge >= 0.3 is 6.18 Å². The van der Waals surface area contributed by atoms with Gasteiger partial charge in [0.25, 0.3) is 5.91 Å². The van der Waals surface area contributed by atoms with Crippen LogP contribution in [-0.4, -0.2) is 55.7 Å². The second-order valence-corrected chi connectivity index (χ2v) is 10.1. The first-order valence-electron chi connectivity index (χ1n) is 9.31. The maximum atomic E-state index is 13.0. The van der Waals surface area contributed by atoms with Crippen molar-refractivity contribution in [3.8, 4) is 0 Å². The van der Waals surface area contributed by atoms with Crippen LogP contribution in [-0.2, 0) is 21.2 Å². The van der Waals surface area contributed by atoms with Crippen LogP contribution in [0.15, 0.2) is 34.8 Å². The molecule has 1 amide bonds. The Labute approximate surface area is 177 Å². The summed E-state index contributed by atoms with van der Waals surface area (Å²) < 4.78 is 62.0. The Hall–Kier alpha value is -2.07. The number of nitrogen functional groups attached to an aromatic ring is 1. The van der Waals surface area contributed by atoms with E-state index >= 15 is 0 Å². The predicted octanol–water partition coefficient (Wildman–Crippen LogP) is 3.02. The third kappa shape index (κ3) is 5.34. The lowest BCUT2D eigenvalue weighted by Gasteiger charge is -2.25. The molecule has 3 rings (SSSR count). The van der Waals surface area contributed by atoms with Crippen molar-refractivity contribution in [1.82, 2.24) is 4.90 Å². The Kier molecular flexibility index (Phi) is 6.47. The zero-order valence-electron chi connectivity index (χ0n) is 16.0. The number of allylic oxidation sites excluding steroid dienone is 1. The number of amides is 1. The smallest absolute Gasteiger partial charge is 0.398 e. The fourth-order valence-electron chi connectivity index (χ4n) is 3.55. The third-order valence-corrected chi connectivity index (χ3v) is 7.48. The van der Waals surface area contributed by atoms with Crippen molar-refractivity contribution in [2.45, 2.75) is 25.6 Å². The van der Waals surface area contributed by atoms with E-state index in [2.05, 4.69) is 4.99 Å². The summed E-state index contributed by atoms with van der Waals surface area (Å²) in [5.74, 6) is -0.517. The van der Waals surface area contributed by atoms with E-state index in [1.54, 1.807) is 18.2 Å². The number of hydrogen-bond donors (Lipinski definition) is 1. The van der Waals surface area contributed by atoms with Gasteiger partial charge in [-0.3, -0.25) is 9.79 Å². The molecule has 2 aliphatic heterocycles. The van der Waals surface area contributed by atoms with Crippen LogP contribution in [0.25, 0.3) is 0 Å². The molecular formula is C19H21ClF3N3O3S. The molecule has 1 aromatic rings. The minimum atomic E-state index is -4.62. The fraction of sp³-hybridized carbons (Fsp3) is 0.474. The van der Waals surface area contributed by atoms with Gasteiger partial charge in [0.15, 0.2) is 9.84 Å². The van der Waals surface area contributed by atoms with Gasteiger partial charge in [-0.25, -0.2) is 8.42 Å². The highest BCUT2D eigenvalue weighted by Gasteiger charge is 2.38. The van der Waals surface area contributed by atoms with Crippen LogP contribution in [0.1, 0.15) is 18.4 Å². The number of aliphatic imine (C=N–C) groups is 1. The molecule has 1 saturated heterocycles. The highest BCUT2D eigenvalue weighted by Crippen LogP contribution is 2.28. The fourth-order valence-corrected chi connectivity index (χ4v) is 5.64. The quantitative estimate of drug-likeness (QED) is 0.656. The monoisotopic (exact) mass is 463 g/mol. The number of hydrogen-bond acceptors (Lipinski definition) is 5. The Morgan fingerprint density at radius 1 is 1.33 bits per heavy atom. The summed E-state index contributed by atoms with van der Waals surface area (Å²) in [7, 11) is -3.07. The second-order valence-electron chi connectivity index (χ2n) is 7.47. The molecule has 164 valence electrons. The van der Waals surface area contributed by atoms with Crippen LogP contribution < -0.4 is 5.73 Å². The van der Waals surface area contributed by atoms with Gasteiger partial charge in [0.2, 0.25) is 0 Å². The molecule has 6 nitrogen and oxygen atoms in total. The van der Waals surface area contributed by atoms with E-state index in [1.165, 1.54) is 4.90 Å². The molecule has 1 atom stereocenters. The summed E-state index contributed by atoms with van der Waals surface area (Å²) in [6, 6.07) is 4.95. The lowest BCUT2D eigenvalue weighted by Crippen LogP contribution is -2.34. The maximum absolute atomic E-state index is 13.0. The lowest BCUT2D eigenvalue weighted by atomic mass is 10.0. The second kappa shape index (κ2) is 8.58. The summed E-state index contributed by atoms with van der Waals surface area (Å²) in [5, 5.41) is 0.270. The van der Waals surface area contributed by atoms with Crippen molar-refractivity contribution >= 4 is 38.7 Å². The average Bonchev–Trinajstić information content (AvgIpc) is 3.28. The molecule has 1 aromatic carbocycles. The number of benzene rings is 1. The number of anilines is 1. The first-order chi connectivity index (χ1) is 14.0. The molecule has 2 heterocycles. The average molecular weight is 464 g/mol. The zero-order chi connectivity index (χ0) is 22.1. The van der Waals surface area contributed by atoms with E-state index in [4.69, 9.17) is 17.3 Å². The van der Waals surface area contributed by atoms with Gasteiger partial charge in [-0.1, -0.05) is 23.7 Å². The normalized spacial score (nSPS) is 20.7. The molecule has 1 unspecified atom stereocenters. The van der Waals surface area contributed by atoms with Gasteiger partial charge in [0.1, 0.15) is 5.71 Å². The van der Waals surface area contributed by atoms with Crippen molar-refractivity contribution in [2.75, 3.05) is 30.3 Å². The molecule has 0 radical (unpaired) electrons. The van der Waals surface area contributed by atoms with Gasteiger partial charge in [-0.2, -0.15) is 13.2 Å². The van der Waals surface area contributed by atoms with Gasteiger partial charge in [-0.15, -0.1) is 0 Å². The summed E-state index contributed by atoms with van der Waals surface area (Å²) >= 11 is 6.22. The molecule has 0 saturated carbocycles. The van der Waals surface area contributed by atoms with Gasteiger partial charge in [-0.05, 0) is 36.5 Å². The Morgan fingerprint density at radius 3 is 2.67 bits per heavy atom. The van der Waals surface area contributed by atoms with Gasteiger partial charge in [0.05, 0.1) is 28.8 Å². The van der Waals surface area contributed by atoms with E-state index in [0.717, 1.165) is 6.08 Å². The standard InChI is InChI=1S/C19H21ClF3N3O3S/c20-17-13(2-1-3-15(17)24)10-26(6-4-12-5-7-30(28,29)11-12)18(27)14-8-16(25-9-14)19(21,22)23/h1-3,8,12H,4-7,9-11,24H2.